The second-order valence-electron chi connectivity index (χ2n) is 9.54. The number of hydrogen-bond acceptors (Lipinski definition) is 3. The molecule has 4 aliphatic rings. The van der Waals surface area contributed by atoms with Crippen molar-refractivity contribution >= 4 is 28.9 Å². The third-order valence-electron chi connectivity index (χ3n) is 7.13. The minimum absolute atomic E-state index is 0.140. The third kappa shape index (κ3) is 4.93. The first-order valence-corrected chi connectivity index (χ1v) is 11.8. The Kier molecular flexibility index (Phi) is 6.43. The van der Waals surface area contributed by atoms with Crippen molar-refractivity contribution in [3.8, 4) is 5.75 Å². The maximum Gasteiger partial charge on any atom is 0.232 e. The number of hydrogen-bond donors (Lipinski definition) is 2. The van der Waals surface area contributed by atoms with Gasteiger partial charge < -0.3 is 15.4 Å². The number of carbonyl (C=O) groups is 1. The number of unbranched alkanes of at least 4 members (excludes halogenated alkanes) is 3. The van der Waals surface area contributed by atoms with Crippen LogP contribution in [0.4, 0.5) is 5.69 Å². The zero-order valence-corrected chi connectivity index (χ0v) is 18.4. The average molecular weight is 415 g/mol. The molecular weight excluding hydrogens is 380 g/mol. The number of ether oxygens (including phenoxy) is 1. The molecule has 0 aromatic heterocycles. The molecule has 2 N–H and O–H groups in total. The fourth-order valence-corrected chi connectivity index (χ4v) is 6.35. The maximum absolute atomic E-state index is 13.1. The van der Waals surface area contributed by atoms with E-state index >= 15 is 0 Å². The fourth-order valence-electron chi connectivity index (χ4n) is 6.14. The molecular formula is C24H34N2O2S. The lowest BCUT2D eigenvalue weighted by molar-refractivity contribution is -0.144. The molecule has 0 atom stereocenters. The fraction of sp³-hybridized carbons (Fsp3) is 0.667. The van der Waals surface area contributed by atoms with E-state index in [0.717, 1.165) is 61.5 Å². The summed E-state index contributed by atoms with van der Waals surface area (Å²) in [5.41, 5.74) is 0.704. The van der Waals surface area contributed by atoms with Crippen molar-refractivity contribution in [3.05, 3.63) is 24.3 Å². The van der Waals surface area contributed by atoms with Crippen molar-refractivity contribution in [2.75, 3.05) is 11.9 Å². The van der Waals surface area contributed by atoms with E-state index in [0.29, 0.717) is 5.11 Å². The highest BCUT2D eigenvalue weighted by molar-refractivity contribution is 7.80. The van der Waals surface area contributed by atoms with E-state index in [1.807, 2.05) is 24.3 Å². The van der Waals surface area contributed by atoms with Gasteiger partial charge in [0.25, 0.3) is 0 Å². The molecule has 0 spiro atoms. The van der Waals surface area contributed by atoms with Crippen LogP contribution in [0.25, 0.3) is 0 Å². The SMILES string of the molecule is CCCCCCOc1ccc(NC(=S)NC(=O)C23CC4CC(CC(C4)C2)C3)cc1. The van der Waals surface area contributed by atoms with Crippen LogP contribution in [-0.4, -0.2) is 17.6 Å². The Morgan fingerprint density at radius 1 is 1.03 bits per heavy atom. The molecule has 5 heteroatoms. The first-order chi connectivity index (χ1) is 14.1. The normalized spacial score (nSPS) is 29.5. The minimum Gasteiger partial charge on any atom is -0.494 e. The van der Waals surface area contributed by atoms with Crippen molar-refractivity contribution < 1.29 is 9.53 Å². The number of anilines is 1. The quantitative estimate of drug-likeness (QED) is 0.425. The predicted octanol–water partition coefficient (Wildman–Crippen LogP) is 5.68. The highest BCUT2D eigenvalue weighted by Crippen LogP contribution is 2.60. The van der Waals surface area contributed by atoms with Gasteiger partial charge in [0.05, 0.1) is 12.0 Å². The Morgan fingerprint density at radius 2 is 1.66 bits per heavy atom. The second kappa shape index (κ2) is 9.03. The summed E-state index contributed by atoms with van der Waals surface area (Å²) in [4.78, 5) is 13.1. The largest absolute Gasteiger partial charge is 0.494 e. The lowest BCUT2D eigenvalue weighted by Gasteiger charge is -2.55. The van der Waals surface area contributed by atoms with Gasteiger partial charge in [0.2, 0.25) is 5.91 Å². The lowest BCUT2D eigenvalue weighted by Crippen LogP contribution is -2.55. The van der Waals surface area contributed by atoms with E-state index < -0.39 is 0 Å². The molecule has 0 radical (unpaired) electrons. The number of amides is 1. The predicted molar refractivity (Wildman–Crippen MR) is 121 cm³/mol. The first-order valence-electron chi connectivity index (χ1n) is 11.4. The zero-order chi connectivity index (χ0) is 20.3. The molecule has 4 saturated carbocycles. The van der Waals surface area contributed by atoms with Gasteiger partial charge in [-0.2, -0.15) is 0 Å². The molecule has 5 rings (SSSR count). The minimum atomic E-state index is -0.171. The third-order valence-corrected chi connectivity index (χ3v) is 7.33. The lowest BCUT2D eigenvalue weighted by atomic mass is 9.49. The van der Waals surface area contributed by atoms with E-state index in [1.54, 1.807) is 0 Å². The van der Waals surface area contributed by atoms with Gasteiger partial charge in [0.1, 0.15) is 5.75 Å². The number of carbonyl (C=O) groups excluding carboxylic acids is 1. The van der Waals surface area contributed by atoms with E-state index in [9.17, 15) is 4.79 Å². The Balaban J connectivity index is 1.25. The van der Waals surface area contributed by atoms with Gasteiger partial charge in [0, 0.05) is 5.69 Å². The van der Waals surface area contributed by atoms with Crippen LogP contribution in [0.15, 0.2) is 24.3 Å². The van der Waals surface area contributed by atoms with E-state index in [2.05, 4.69) is 17.6 Å². The summed E-state index contributed by atoms with van der Waals surface area (Å²) < 4.78 is 5.78. The first kappa shape index (κ1) is 20.6. The van der Waals surface area contributed by atoms with Gasteiger partial charge in [-0.05, 0) is 99.2 Å². The van der Waals surface area contributed by atoms with Crippen LogP contribution in [0.5, 0.6) is 5.75 Å². The number of thiocarbonyl (C=S) groups is 1. The molecule has 0 unspecified atom stereocenters. The van der Waals surface area contributed by atoms with E-state index in [1.165, 1.54) is 38.5 Å². The summed E-state index contributed by atoms with van der Waals surface area (Å²) in [6.45, 7) is 2.97. The van der Waals surface area contributed by atoms with Gasteiger partial charge in [-0.1, -0.05) is 26.2 Å². The van der Waals surface area contributed by atoms with Crippen LogP contribution in [0.2, 0.25) is 0 Å². The van der Waals surface area contributed by atoms with Crippen molar-refractivity contribution in [2.45, 2.75) is 71.1 Å². The summed E-state index contributed by atoms with van der Waals surface area (Å²) in [5.74, 6) is 3.27. The second-order valence-corrected chi connectivity index (χ2v) is 9.95. The van der Waals surface area contributed by atoms with E-state index in [-0.39, 0.29) is 11.3 Å². The van der Waals surface area contributed by atoms with Gasteiger partial charge in [-0.3, -0.25) is 4.79 Å². The van der Waals surface area contributed by atoms with Gasteiger partial charge in [0.15, 0.2) is 5.11 Å². The zero-order valence-electron chi connectivity index (χ0n) is 17.5. The van der Waals surface area contributed by atoms with E-state index in [4.69, 9.17) is 17.0 Å². The maximum atomic E-state index is 13.1. The molecule has 1 aromatic rings. The Labute approximate surface area is 180 Å². The summed E-state index contributed by atoms with van der Waals surface area (Å²) in [6.07, 6.45) is 12.0. The highest BCUT2D eigenvalue weighted by Gasteiger charge is 2.54. The molecule has 4 bridgehead atoms. The van der Waals surface area contributed by atoms with Crippen LogP contribution < -0.4 is 15.4 Å². The summed E-state index contributed by atoms with van der Waals surface area (Å²) in [6, 6.07) is 7.80. The molecule has 29 heavy (non-hydrogen) atoms. The molecule has 158 valence electrons. The topological polar surface area (TPSA) is 50.4 Å². The van der Waals surface area contributed by atoms with Crippen LogP contribution in [0.3, 0.4) is 0 Å². The number of benzene rings is 1. The van der Waals surface area contributed by atoms with Crippen molar-refractivity contribution in [2.24, 2.45) is 23.2 Å². The molecule has 0 saturated heterocycles. The average Bonchev–Trinajstić information content (AvgIpc) is 2.68. The number of rotatable bonds is 8. The van der Waals surface area contributed by atoms with Gasteiger partial charge in [-0.15, -0.1) is 0 Å². The molecule has 4 nitrogen and oxygen atoms in total. The molecule has 1 amide bonds. The molecule has 1 aromatic carbocycles. The van der Waals surface area contributed by atoms with Crippen LogP contribution in [0, 0.1) is 23.2 Å². The molecule has 0 heterocycles. The molecule has 0 aliphatic heterocycles. The van der Waals surface area contributed by atoms with Crippen LogP contribution in [-0.2, 0) is 4.79 Å². The van der Waals surface area contributed by atoms with Gasteiger partial charge in [-0.25, -0.2) is 0 Å². The Bertz CT molecular complexity index is 696. The van der Waals surface area contributed by atoms with Crippen LogP contribution >= 0.6 is 12.2 Å². The van der Waals surface area contributed by atoms with Crippen molar-refractivity contribution in [3.63, 3.8) is 0 Å². The Morgan fingerprint density at radius 3 is 2.24 bits per heavy atom. The molecule has 4 aliphatic carbocycles. The molecule has 4 fully saturated rings. The van der Waals surface area contributed by atoms with Gasteiger partial charge >= 0.3 is 0 Å². The van der Waals surface area contributed by atoms with Crippen molar-refractivity contribution in [1.82, 2.24) is 5.32 Å². The standard InChI is InChI=1S/C24H34N2O2S/c1-2-3-4-5-10-28-21-8-6-20(7-9-21)25-23(29)26-22(27)24-14-17-11-18(15-24)13-19(12-17)16-24/h6-9,17-19H,2-5,10-16H2,1H3,(H2,25,26,27,29). The highest BCUT2D eigenvalue weighted by atomic mass is 32.1. The summed E-state index contributed by atoms with van der Waals surface area (Å²) in [5, 5.41) is 6.57. The summed E-state index contributed by atoms with van der Waals surface area (Å²) >= 11 is 5.44. The Hall–Kier alpha value is -1.62. The summed E-state index contributed by atoms with van der Waals surface area (Å²) in [7, 11) is 0. The monoisotopic (exact) mass is 414 g/mol. The number of nitrogens with one attached hydrogen (secondary N) is 2. The smallest absolute Gasteiger partial charge is 0.232 e. The van der Waals surface area contributed by atoms with Crippen molar-refractivity contribution in [1.29, 1.82) is 0 Å². The van der Waals surface area contributed by atoms with Crippen LogP contribution in [0.1, 0.15) is 71.1 Å².